The van der Waals surface area contributed by atoms with Crippen molar-refractivity contribution in [2.24, 2.45) is 0 Å². The van der Waals surface area contributed by atoms with Crippen LogP contribution in [0.2, 0.25) is 0 Å². The number of aromatic nitrogens is 1. The molecule has 2 atom stereocenters. The lowest BCUT2D eigenvalue weighted by atomic mass is 10.0. The standard InChI is InChI=1S/C16H20N4O3S/c1-2-5-19-6-7-20(15-11-24(22,23)10-14(15)19)16(21)12-3-4-13(8-17)18-9-12/h3-4,9,14-15H,2,5-7,10-11H2,1H3/t14-,15+/m0/s1. The fraction of sp³-hybridized carbons (Fsp3) is 0.562. The molecule has 7 nitrogen and oxygen atoms in total. The molecular formula is C16H20N4O3S. The van der Waals surface area contributed by atoms with E-state index in [0.717, 1.165) is 13.0 Å². The minimum absolute atomic E-state index is 0.0212. The fourth-order valence-corrected chi connectivity index (χ4v) is 5.61. The Bertz CT molecular complexity index is 770. The zero-order valence-corrected chi connectivity index (χ0v) is 14.4. The van der Waals surface area contributed by atoms with E-state index in [1.165, 1.54) is 12.3 Å². The summed E-state index contributed by atoms with van der Waals surface area (Å²) >= 11 is 0. The second-order valence-electron chi connectivity index (χ2n) is 6.29. The minimum Gasteiger partial charge on any atom is -0.332 e. The second kappa shape index (κ2) is 6.49. The molecule has 0 bridgehead atoms. The largest absolute Gasteiger partial charge is 0.332 e. The number of nitriles is 1. The Labute approximate surface area is 141 Å². The zero-order chi connectivity index (χ0) is 17.3. The molecule has 3 rings (SSSR count). The van der Waals surface area contributed by atoms with Gasteiger partial charge in [0.25, 0.3) is 5.91 Å². The van der Waals surface area contributed by atoms with Crippen molar-refractivity contribution >= 4 is 15.7 Å². The molecule has 3 heterocycles. The third kappa shape index (κ3) is 3.14. The number of amides is 1. The number of hydrogen-bond acceptors (Lipinski definition) is 6. The molecule has 1 amide bonds. The van der Waals surface area contributed by atoms with E-state index in [1.807, 2.05) is 6.07 Å². The number of carbonyl (C=O) groups is 1. The van der Waals surface area contributed by atoms with E-state index < -0.39 is 9.84 Å². The van der Waals surface area contributed by atoms with Gasteiger partial charge in [-0.25, -0.2) is 13.4 Å². The Morgan fingerprint density at radius 3 is 2.71 bits per heavy atom. The predicted octanol–water partition coefficient (Wildman–Crippen LogP) is 0.287. The van der Waals surface area contributed by atoms with Crippen LogP contribution in [-0.4, -0.2) is 72.3 Å². The average Bonchev–Trinajstić information content (AvgIpc) is 2.90. The van der Waals surface area contributed by atoms with Crippen LogP contribution < -0.4 is 0 Å². The van der Waals surface area contributed by atoms with Crippen LogP contribution in [0, 0.1) is 11.3 Å². The molecule has 24 heavy (non-hydrogen) atoms. The van der Waals surface area contributed by atoms with Gasteiger partial charge in [0, 0.05) is 25.3 Å². The Morgan fingerprint density at radius 1 is 1.33 bits per heavy atom. The van der Waals surface area contributed by atoms with Gasteiger partial charge >= 0.3 is 0 Å². The molecule has 0 radical (unpaired) electrons. The topological polar surface area (TPSA) is 94.4 Å². The molecule has 2 aliphatic rings. The summed E-state index contributed by atoms with van der Waals surface area (Å²) in [5, 5.41) is 8.80. The quantitative estimate of drug-likeness (QED) is 0.779. The van der Waals surface area contributed by atoms with Crippen LogP contribution >= 0.6 is 0 Å². The number of hydrogen-bond donors (Lipinski definition) is 0. The molecule has 0 aromatic carbocycles. The van der Waals surface area contributed by atoms with Crippen molar-refractivity contribution in [3.05, 3.63) is 29.6 Å². The first kappa shape index (κ1) is 16.9. The number of pyridine rings is 1. The summed E-state index contributed by atoms with van der Waals surface area (Å²) in [6, 6.07) is 4.56. The van der Waals surface area contributed by atoms with Crippen LogP contribution in [0.5, 0.6) is 0 Å². The summed E-state index contributed by atoms with van der Waals surface area (Å²) in [6.45, 7) is 4.10. The van der Waals surface area contributed by atoms with Crippen molar-refractivity contribution < 1.29 is 13.2 Å². The molecule has 0 aliphatic carbocycles. The maximum Gasteiger partial charge on any atom is 0.255 e. The van der Waals surface area contributed by atoms with Gasteiger partial charge in [-0.05, 0) is 25.1 Å². The van der Waals surface area contributed by atoms with Gasteiger partial charge in [0.1, 0.15) is 11.8 Å². The van der Waals surface area contributed by atoms with Crippen molar-refractivity contribution in [1.82, 2.24) is 14.8 Å². The van der Waals surface area contributed by atoms with Crippen LogP contribution in [0.3, 0.4) is 0 Å². The van der Waals surface area contributed by atoms with E-state index in [-0.39, 0.29) is 35.2 Å². The molecule has 0 unspecified atom stereocenters. The van der Waals surface area contributed by atoms with E-state index in [4.69, 9.17) is 5.26 Å². The van der Waals surface area contributed by atoms with Gasteiger partial charge in [-0.2, -0.15) is 5.26 Å². The third-order valence-electron chi connectivity index (χ3n) is 4.69. The molecule has 0 N–H and O–H groups in total. The summed E-state index contributed by atoms with van der Waals surface area (Å²) in [5.41, 5.74) is 0.640. The Balaban J connectivity index is 1.85. The SMILES string of the molecule is CCCN1CCN(C(=O)c2ccc(C#N)nc2)[C@@H]2CS(=O)(=O)C[C@@H]21. The highest BCUT2D eigenvalue weighted by Gasteiger charge is 2.47. The number of carbonyl (C=O) groups excluding carboxylic acids is 1. The number of fused-ring (bicyclic) bond motifs is 1. The minimum atomic E-state index is -3.13. The molecule has 8 heteroatoms. The summed E-state index contributed by atoms with van der Waals surface area (Å²) in [6.07, 6.45) is 2.34. The van der Waals surface area contributed by atoms with Gasteiger partial charge in [-0.3, -0.25) is 9.69 Å². The highest BCUT2D eigenvalue weighted by Crippen LogP contribution is 2.28. The fourth-order valence-electron chi connectivity index (χ4n) is 3.59. The molecular weight excluding hydrogens is 328 g/mol. The molecule has 128 valence electrons. The zero-order valence-electron chi connectivity index (χ0n) is 13.6. The summed E-state index contributed by atoms with van der Waals surface area (Å²) in [5.74, 6) is -0.0735. The second-order valence-corrected chi connectivity index (χ2v) is 8.44. The van der Waals surface area contributed by atoms with Crippen LogP contribution in [0.15, 0.2) is 18.3 Å². The molecule has 0 saturated carbocycles. The predicted molar refractivity (Wildman–Crippen MR) is 88.1 cm³/mol. The molecule has 0 spiro atoms. The maximum atomic E-state index is 12.8. The van der Waals surface area contributed by atoms with Crippen LogP contribution in [0.1, 0.15) is 29.4 Å². The Kier molecular flexibility index (Phi) is 4.56. The summed E-state index contributed by atoms with van der Waals surface area (Å²) < 4.78 is 24.2. The van der Waals surface area contributed by atoms with E-state index in [0.29, 0.717) is 18.7 Å². The van der Waals surface area contributed by atoms with Gasteiger partial charge in [0.05, 0.1) is 23.1 Å². The van der Waals surface area contributed by atoms with E-state index in [1.54, 1.807) is 11.0 Å². The first-order valence-electron chi connectivity index (χ1n) is 8.07. The number of rotatable bonds is 3. The van der Waals surface area contributed by atoms with Crippen molar-refractivity contribution in [1.29, 1.82) is 5.26 Å². The van der Waals surface area contributed by atoms with Crippen LogP contribution in [0.25, 0.3) is 0 Å². The van der Waals surface area contributed by atoms with Crippen molar-refractivity contribution in [3.63, 3.8) is 0 Å². The summed E-state index contributed by atoms with van der Waals surface area (Å²) in [7, 11) is -3.13. The molecule has 2 saturated heterocycles. The van der Waals surface area contributed by atoms with Gasteiger partial charge in [0.15, 0.2) is 9.84 Å². The lowest BCUT2D eigenvalue weighted by molar-refractivity contribution is 0.0333. The molecule has 2 aliphatic heterocycles. The van der Waals surface area contributed by atoms with Gasteiger partial charge in [0.2, 0.25) is 0 Å². The smallest absolute Gasteiger partial charge is 0.255 e. The molecule has 1 aromatic heterocycles. The first-order chi connectivity index (χ1) is 11.4. The van der Waals surface area contributed by atoms with Crippen molar-refractivity contribution in [3.8, 4) is 6.07 Å². The Morgan fingerprint density at radius 2 is 2.08 bits per heavy atom. The average molecular weight is 348 g/mol. The third-order valence-corrected chi connectivity index (χ3v) is 6.39. The molecule has 1 aromatic rings. The van der Waals surface area contributed by atoms with E-state index >= 15 is 0 Å². The molecule has 2 fully saturated rings. The highest BCUT2D eigenvalue weighted by molar-refractivity contribution is 7.91. The first-order valence-corrected chi connectivity index (χ1v) is 9.89. The van der Waals surface area contributed by atoms with Crippen molar-refractivity contribution in [2.45, 2.75) is 25.4 Å². The van der Waals surface area contributed by atoms with Crippen molar-refractivity contribution in [2.75, 3.05) is 31.1 Å². The van der Waals surface area contributed by atoms with Gasteiger partial charge in [-0.1, -0.05) is 6.92 Å². The number of nitrogens with zero attached hydrogens (tertiary/aromatic N) is 4. The van der Waals surface area contributed by atoms with E-state index in [9.17, 15) is 13.2 Å². The van der Waals surface area contributed by atoms with Gasteiger partial charge < -0.3 is 4.90 Å². The lowest BCUT2D eigenvalue weighted by Gasteiger charge is -2.43. The van der Waals surface area contributed by atoms with Crippen LogP contribution in [0.4, 0.5) is 0 Å². The highest BCUT2D eigenvalue weighted by atomic mass is 32.2. The number of piperazine rings is 1. The summed E-state index contributed by atoms with van der Waals surface area (Å²) in [4.78, 5) is 20.6. The maximum absolute atomic E-state index is 12.8. The van der Waals surface area contributed by atoms with E-state index in [2.05, 4.69) is 16.8 Å². The lowest BCUT2D eigenvalue weighted by Crippen LogP contribution is -2.60. The normalized spacial score (nSPS) is 25.9. The monoisotopic (exact) mass is 348 g/mol. The number of sulfone groups is 1. The van der Waals surface area contributed by atoms with Gasteiger partial charge in [-0.15, -0.1) is 0 Å². The Hall–Kier alpha value is -1.98. The van der Waals surface area contributed by atoms with Crippen LogP contribution in [-0.2, 0) is 9.84 Å².